The molecule has 0 atom stereocenters. The van der Waals surface area contributed by atoms with Crippen molar-refractivity contribution in [1.29, 1.82) is 0 Å². The van der Waals surface area contributed by atoms with Crippen LogP contribution in [-0.2, 0) is 6.54 Å². The fourth-order valence-electron chi connectivity index (χ4n) is 4.42. The Labute approximate surface area is 200 Å². The highest BCUT2D eigenvalue weighted by Crippen LogP contribution is 2.24. The van der Waals surface area contributed by atoms with Gasteiger partial charge in [0.15, 0.2) is 0 Å². The van der Waals surface area contributed by atoms with Crippen LogP contribution in [0.25, 0.3) is 22.8 Å². The quantitative estimate of drug-likeness (QED) is 0.384. The van der Waals surface area contributed by atoms with Crippen LogP contribution in [0.4, 0.5) is 5.95 Å². The summed E-state index contributed by atoms with van der Waals surface area (Å²) in [6.45, 7) is 2.31. The zero-order chi connectivity index (χ0) is 22.8. The number of hydrogen-bond acceptors (Lipinski definition) is 5. The van der Waals surface area contributed by atoms with Gasteiger partial charge in [0.05, 0.1) is 18.0 Å². The van der Waals surface area contributed by atoms with Gasteiger partial charge in [-0.05, 0) is 48.7 Å². The monoisotopic (exact) mass is 507 g/mol. The molecule has 4 aromatic rings. The molecule has 7 nitrogen and oxygen atoms in total. The number of hydrogen-bond donors (Lipinski definition) is 0. The van der Waals surface area contributed by atoms with Crippen molar-refractivity contribution >= 4 is 44.6 Å². The van der Waals surface area contributed by atoms with Gasteiger partial charge in [0.25, 0.3) is 5.56 Å². The minimum atomic E-state index is -0.0759. The molecule has 1 aliphatic rings. The van der Waals surface area contributed by atoms with Gasteiger partial charge in [-0.15, -0.1) is 10.2 Å². The lowest BCUT2D eigenvalue weighted by atomic mass is 10.2. The third-order valence-corrected chi connectivity index (χ3v) is 6.64. The highest BCUT2D eigenvalue weighted by atomic mass is 79.9. The molecule has 33 heavy (non-hydrogen) atoms. The lowest BCUT2D eigenvalue weighted by Crippen LogP contribution is -2.28. The Morgan fingerprint density at radius 1 is 1.03 bits per heavy atom. The lowest BCUT2D eigenvalue weighted by Gasteiger charge is -2.20. The summed E-state index contributed by atoms with van der Waals surface area (Å²) in [5.41, 5.74) is 1.79. The van der Waals surface area contributed by atoms with E-state index in [2.05, 4.69) is 31.0 Å². The zero-order valence-electron chi connectivity index (χ0n) is 18.6. The number of allylic oxidation sites excluding steroid dienone is 1. The van der Waals surface area contributed by atoms with Crippen LogP contribution in [0.15, 0.2) is 57.8 Å². The highest BCUT2D eigenvalue weighted by Gasteiger charge is 2.21. The molecule has 3 heterocycles. The molecule has 2 aromatic heterocycles. The largest absolute Gasteiger partial charge is 0.497 e. The molecule has 8 heteroatoms. The second-order valence-corrected chi connectivity index (χ2v) is 9.21. The van der Waals surface area contributed by atoms with Gasteiger partial charge in [-0.2, -0.15) is 0 Å². The Kier molecular flexibility index (Phi) is 6.17. The van der Waals surface area contributed by atoms with Gasteiger partial charge in [0, 0.05) is 24.1 Å². The molecule has 0 radical (unpaired) electrons. The lowest BCUT2D eigenvalue weighted by molar-refractivity contribution is 0.415. The molecular formula is C25H26BrN5O2. The summed E-state index contributed by atoms with van der Waals surface area (Å²) in [7, 11) is 1.65. The van der Waals surface area contributed by atoms with Crippen molar-refractivity contribution in [3.8, 4) is 5.75 Å². The van der Waals surface area contributed by atoms with Crippen molar-refractivity contribution in [2.45, 2.75) is 32.2 Å². The molecule has 0 saturated carbocycles. The molecule has 170 valence electrons. The van der Waals surface area contributed by atoms with Crippen molar-refractivity contribution in [2.24, 2.45) is 0 Å². The van der Waals surface area contributed by atoms with E-state index in [4.69, 9.17) is 4.74 Å². The standard InChI is InChI=1S/C25H26BrN5O2/c1-33-20-11-8-18(9-12-20)7-6-16-30-23(32)21-17-19(26)10-13-22(21)31-24(27-28-25(30)31)29-14-4-2-3-5-15-29/h6-13,17H,2-5,14-16H2,1H3. The van der Waals surface area contributed by atoms with Crippen molar-refractivity contribution in [1.82, 2.24) is 19.2 Å². The number of methoxy groups -OCH3 is 1. The van der Waals surface area contributed by atoms with E-state index in [9.17, 15) is 4.79 Å². The van der Waals surface area contributed by atoms with E-state index >= 15 is 0 Å². The van der Waals surface area contributed by atoms with Gasteiger partial charge in [-0.3, -0.25) is 9.36 Å². The van der Waals surface area contributed by atoms with Gasteiger partial charge >= 0.3 is 0 Å². The number of rotatable bonds is 5. The maximum atomic E-state index is 13.5. The second-order valence-electron chi connectivity index (χ2n) is 8.29. The van der Waals surface area contributed by atoms with E-state index in [0.29, 0.717) is 17.7 Å². The molecule has 5 rings (SSSR count). The van der Waals surface area contributed by atoms with E-state index in [1.54, 1.807) is 11.7 Å². The molecule has 0 N–H and O–H groups in total. The highest BCUT2D eigenvalue weighted by molar-refractivity contribution is 9.10. The summed E-state index contributed by atoms with van der Waals surface area (Å²) in [4.78, 5) is 15.8. The Balaban J connectivity index is 1.60. The minimum absolute atomic E-state index is 0.0759. The van der Waals surface area contributed by atoms with Crippen LogP contribution in [0.5, 0.6) is 5.75 Å². The third kappa shape index (κ3) is 4.27. The van der Waals surface area contributed by atoms with E-state index in [0.717, 1.165) is 53.2 Å². The van der Waals surface area contributed by atoms with Crippen LogP contribution in [0, 0.1) is 0 Å². The van der Waals surface area contributed by atoms with Crippen molar-refractivity contribution < 1.29 is 4.74 Å². The predicted octanol–water partition coefficient (Wildman–Crippen LogP) is 4.91. The van der Waals surface area contributed by atoms with Crippen molar-refractivity contribution in [3.63, 3.8) is 0 Å². The van der Waals surface area contributed by atoms with E-state index in [1.807, 2.05) is 59.0 Å². The zero-order valence-corrected chi connectivity index (χ0v) is 20.2. The van der Waals surface area contributed by atoms with E-state index in [1.165, 1.54) is 12.8 Å². The predicted molar refractivity (Wildman–Crippen MR) is 135 cm³/mol. The van der Waals surface area contributed by atoms with E-state index < -0.39 is 0 Å². The van der Waals surface area contributed by atoms with Crippen molar-refractivity contribution in [3.05, 3.63) is 68.9 Å². The molecular weight excluding hydrogens is 482 g/mol. The van der Waals surface area contributed by atoms with Crippen LogP contribution >= 0.6 is 15.9 Å². The number of ether oxygens (including phenoxy) is 1. The number of aromatic nitrogens is 4. The normalized spacial score (nSPS) is 14.9. The fourth-order valence-corrected chi connectivity index (χ4v) is 4.78. The third-order valence-electron chi connectivity index (χ3n) is 6.15. The summed E-state index contributed by atoms with van der Waals surface area (Å²) < 4.78 is 9.83. The Bertz CT molecular complexity index is 1370. The van der Waals surface area contributed by atoms with Gasteiger partial charge in [-0.1, -0.05) is 53.1 Å². The van der Waals surface area contributed by atoms with Gasteiger partial charge in [0.1, 0.15) is 5.75 Å². The summed E-state index contributed by atoms with van der Waals surface area (Å²) in [5, 5.41) is 9.67. The van der Waals surface area contributed by atoms with Crippen LogP contribution in [0.1, 0.15) is 31.2 Å². The molecule has 1 saturated heterocycles. The molecule has 0 spiro atoms. The average Bonchev–Trinajstić information content (AvgIpc) is 3.09. The fraction of sp³-hybridized carbons (Fsp3) is 0.320. The van der Waals surface area contributed by atoms with E-state index in [-0.39, 0.29) is 5.56 Å². The van der Waals surface area contributed by atoms with Gasteiger partial charge < -0.3 is 9.64 Å². The molecule has 1 aliphatic heterocycles. The Morgan fingerprint density at radius 3 is 2.52 bits per heavy atom. The molecule has 0 bridgehead atoms. The first-order valence-corrected chi connectivity index (χ1v) is 12.1. The first kappa shape index (κ1) is 21.7. The van der Waals surface area contributed by atoms with Crippen LogP contribution < -0.4 is 15.2 Å². The Hall–Kier alpha value is -3.13. The number of nitrogens with zero attached hydrogens (tertiary/aromatic N) is 5. The topological polar surface area (TPSA) is 64.7 Å². The number of benzene rings is 2. The Morgan fingerprint density at radius 2 is 1.79 bits per heavy atom. The van der Waals surface area contributed by atoms with Crippen LogP contribution in [0.2, 0.25) is 0 Å². The van der Waals surface area contributed by atoms with Crippen molar-refractivity contribution in [2.75, 3.05) is 25.1 Å². The first-order chi connectivity index (χ1) is 16.2. The van der Waals surface area contributed by atoms with Gasteiger partial charge in [0.2, 0.25) is 11.7 Å². The van der Waals surface area contributed by atoms with Crippen LogP contribution in [0.3, 0.4) is 0 Å². The summed E-state index contributed by atoms with van der Waals surface area (Å²) in [5.74, 6) is 2.19. The smallest absolute Gasteiger partial charge is 0.263 e. The number of halogens is 1. The molecule has 2 aromatic carbocycles. The maximum Gasteiger partial charge on any atom is 0.263 e. The summed E-state index contributed by atoms with van der Waals surface area (Å²) in [6.07, 6.45) is 8.74. The minimum Gasteiger partial charge on any atom is -0.497 e. The molecule has 0 unspecified atom stereocenters. The van der Waals surface area contributed by atoms with Gasteiger partial charge in [-0.25, -0.2) is 4.40 Å². The number of anilines is 1. The molecule has 0 amide bonds. The number of fused-ring (bicyclic) bond motifs is 3. The summed E-state index contributed by atoms with van der Waals surface area (Å²) >= 11 is 3.52. The second kappa shape index (κ2) is 9.39. The maximum absolute atomic E-state index is 13.5. The molecule has 0 aliphatic carbocycles. The average molecular weight is 508 g/mol. The SMILES string of the molecule is COc1ccc(C=CCn2c(=O)c3cc(Br)ccc3n3c(N4CCCCCC4)nnc23)cc1. The summed E-state index contributed by atoms with van der Waals surface area (Å²) in [6, 6.07) is 13.6. The first-order valence-electron chi connectivity index (χ1n) is 11.3. The van der Waals surface area contributed by atoms with Crippen LogP contribution in [-0.4, -0.2) is 39.4 Å². The molecule has 1 fully saturated rings.